The third kappa shape index (κ3) is 2.87. The molecule has 1 fully saturated rings. The summed E-state index contributed by atoms with van der Waals surface area (Å²) in [7, 11) is 2.18. The van der Waals surface area contributed by atoms with E-state index in [1.165, 1.54) is 0 Å². The van der Waals surface area contributed by atoms with E-state index < -0.39 is 0 Å². The first-order chi connectivity index (χ1) is 11.2. The van der Waals surface area contributed by atoms with Crippen LogP contribution in [0.3, 0.4) is 0 Å². The molecule has 2 heterocycles. The van der Waals surface area contributed by atoms with E-state index in [-0.39, 0.29) is 0 Å². The van der Waals surface area contributed by atoms with Crippen LogP contribution in [-0.4, -0.2) is 30.7 Å². The Labute approximate surface area is 141 Å². The molecular formula is C19H19ClN2O. The zero-order chi connectivity index (χ0) is 15.8. The number of hydrogen-bond acceptors (Lipinski definition) is 3. The molecule has 0 amide bonds. The van der Waals surface area contributed by atoms with Gasteiger partial charge in [-0.3, -0.25) is 0 Å². The second-order valence-corrected chi connectivity index (χ2v) is 6.72. The highest BCUT2D eigenvalue weighted by Crippen LogP contribution is 2.41. The van der Waals surface area contributed by atoms with Crippen molar-refractivity contribution >= 4 is 23.0 Å². The van der Waals surface area contributed by atoms with Gasteiger partial charge in [-0.1, -0.05) is 23.7 Å². The topological polar surface area (TPSA) is 24.8 Å². The minimum absolute atomic E-state index is 0.459. The van der Waals surface area contributed by atoms with Gasteiger partial charge in [-0.25, -0.2) is 4.99 Å². The highest BCUT2D eigenvalue weighted by atomic mass is 35.5. The summed E-state index contributed by atoms with van der Waals surface area (Å²) in [6.07, 6.45) is 2.25. The average Bonchev–Trinajstić information content (AvgIpc) is 2.72. The minimum Gasteiger partial charge on any atom is -0.454 e. The predicted octanol–water partition coefficient (Wildman–Crippen LogP) is 4.91. The maximum atomic E-state index is 6.16. The summed E-state index contributed by atoms with van der Waals surface area (Å²) in [5, 5.41) is 0.685. The number of para-hydroxylation sites is 1. The number of benzene rings is 2. The van der Waals surface area contributed by atoms with Gasteiger partial charge >= 0.3 is 0 Å². The zero-order valence-electron chi connectivity index (χ0n) is 13.1. The summed E-state index contributed by atoms with van der Waals surface area (Å²) in [4.78, 5) is 7.35. The third-order valence-electron chi connectivity index (χ3n) is 4.65. The van der Waals surface area contributed by atoms with Crippen molar-refractivity contribution in [2.75, 3.05) is 20.1 Å². The fraction of sp³-hybridized carbons (Fsp3) is 0.316. The SMILES string of the molecule is CN1CCC(C2=Nc3cc(Cl)ccc3Oc3ccccc32)CC1. The molecule has 118 valence electrons. The first kappa shape index (κ1) is 14.7. The van der Waals surface area contributed by atoms with Crippen LogP contribution in [0, 0.1) is 5.92 Å². The largest absolute Gasteiger partial charge is 0.454 e. The molecule has 2 aliphatic rings. The summed E-state index contributed by atoms with van der Waals surface area (Å²) >= 11 is 6.16. The van der Waals surface area contributed by atoms with Crippen molar-refractivity contribution in [1.82, 2.24) is 4.90 Å². The maximum absolute atomic E-state index is 6.16. The Bertz CT molecular complexity index is 764. The quantitative estimate of drug-likeness (QED) is 0.744. The molecule has 0 radical (unpaired) electrons. The molecule has 0 aliphatic carbocycles. The lowest BCUT2D eigenvalue weighted by Gasteiger charge is -2.30. The van der Waals surface area contributed by atoms with E-state index >= 15 is 0 Å². The molecule has 2 aliphatic heterocycles. The van der Waals surface area contributed by atoms with Crippen molar-refractivity contribution in [1.29, 1.82) is 0 Å². The minimum atomic E-state index is 0.459. The Kier molecular flexibility index (Phi) is 3.83. The molecule has 2 aromatic carbocycles. The van der Waals surface area contributed by atoms with Crippen molar-refractivity contribution in [3.63, 3.8) is 0 Å². The number of fused-ring (bicyclic) bond motifs is 2. The maximum Gasteiger partial charge on any atom is 0.153 e. The third-order valence-corrected chi connectivity index (χ3v) is 4.89. The molecule has 4 rings (SSSR count). The summed E-state index contributed by atoms with van der Waals surface area (Å²) in [6, 6.07) is 13.8. The van der Waals surface area contributed by atoms with E-state index in [4.69, 9.17) is 21.3 Å². The van der Waals surface area contributed by atoms with Crippen molar-refractivity contribution in [2.24, 2.45) is 10.9 Å². The number of ether oxygens (including phenoxy) is 1. The van der Waals surface area contributed by atoms with Gasteiger partial charge in [0.1, 0.15) is 11.4 Å². The van der Waals surface area contributed by atoms with Gasteiger partial charge in [-0.15, -0.1) is 0 Å². The van der Waals surface area contributed by atoms with Crippen molar-refractivity contribution in [3.8, 4) is 11.5 Å². The number of likely N-dealkylation sites (tertiary alicyclic amines) is 1. The van der Waals surface area contributed by atoms with E-state index in [0.29, 0.717) is 10.9 Å². The monoisotopic (exact) mass is 326 g/mol. The van der Waals surface area contributed by atoms with Gasteiger partial charge in [0.25, 0.3) is 0 Å². The molecule has 23 heavy (non-hydrogen) atoms. The van der Waals surface area contributed by atoms with Crippen LogP contribution in [0.25, 0.3) is 0 Å². The molecule has 0 unspecified atom stereocenters. The van der Waals surface area contributed by atoms with Crippen molar-refractivity contribution in [2.45, 2.75) is 12.8 Å². The summed E-state index contributed by atoms with van der Waals surface area (Å²) in [6.45, 7) is 2.21. The molecule has 2 aromatic rings. The van der Waals surface area contributed by atoms with Crippen LogP contribution in [0.1, 0.15) is 18.4 Å². The van der Waals surface area contributed by atoms with Crippen LogP contribution >= 0.6 is 11.6 Å². The van der Waals surface area contributed by atoms with Crippen LogP contribution < -0.4 is 4.74 Å². The summed E-state index contributed by atoms with van der Waals surface area (Å²) < 4.78 is 6.12. The number of piperidine rings is 1. The first-order valence-corrected chi connectivity index (χ1v) is 8.42. The molecule has 0 N–H and O–H groups in total. The molecule has 0 atom stereocenters. The van der Waals surface area contributed by atoms with Gasteiger partial charge in [-0.05, 0) is 63.3 Å². The second kappa shape index (κ2) is 5.99. The van der Waals surface area contributed by atoms with E-state index in [9.17, 15) is 0 Å². The van der Waals surface area contributed by atoms with Crippen molar-refractivity contribution in [3.05, 3.63) is 53.1 Å². The van der Waals surface area contributed by atoms with E-state index in [2.05, 4.69) is 24.1 Å². The standard InChI is InChI=1S/C19H19ClN2O/c1-22-10-8-13(9-11-22)19-15-4-2-3-5-17(15)23-18-7-6-14(20)12-16(18)21-19/h2-7,12-13H,8-11H2,1H3. The molecule has 0 spiro atoms. The Morgan fingerprint density at radius 2 is 1.87 bits per heavy atom. The molecule has 1 saturated heterocycles. The van der Waals surface area contributed by atoms with Crippen LogP contribution in [0.5, 0.6) is 11.5 Å². The van der Waals surface area contributed by atoms with Gasteiger partial charge in [0.15, 0.2) is 5.75 Å². The molecule has 4 heteroatoms. The molecule has 3 nitrogen and oxygen atoms in total. The van der Waals surface area contributed by atoms with Gasteiger partial charge in [0.05, 0.1) is 5.71 Å². The fourth-order valence-corrected chi connectivity index (χ4v) is 3.50. The van der Waals surface area contributed by atoms with Crippen LogP contribution in [0.15, 0.2) is 47.5 Å². The smallest absolute Gasteiger partial charge is 0.153 e. The fourth-order valence-electron chi connectivity index (χ4n) is 3.33. The second-order valence-electron chi connectivity index (χ2n) is 6.28. The van der Waals surface area contributed by atoms with Gasteiger partial charge in [0, 0.05) is 16.5 Å². The van der Waals surface area contributed by atoms with E-state index in [0.717, 1.165) is 54.4 Å². The number of hydrogen-bond donors (Lipinski definition) is 0. The molecule has 0 saturated carbocycles. The lowest BCUT2D eigenvalue weighted by atomic mass is 9.88. The number of halogens is 1. The van der Waals surface area contributed by atoms with E-state index in [1.54, 1.807) is 0 Å². The average molecular weight is 327 g/mol. The normalized spacial score (nSPS) is 18.4. The molecule has 0 bridgehead atoms. The zero-order valence-corrected chi connectivity index (χ0v) is 13.9. The first-order valence-electron chi connectivity index (χ1n) is 8.04. The number of nitrogens with zero attached hydrogens (tertiary/aromatic N) is 2. The summed E-state index contributed by atoms with van der Waals surface area (Å²) in [5.41, 5.74) is 3.06. The highest BCUT2D eigenvalue weighted by molar-refractivity contribution is 6.31. The Morgan fingerprint density at radius 3 is 2.70 bits per heavy atom. The molecular weight excluding hydrogens is 308 g/mol. The van der Waals surface area contributed by atoms with Crippen LogP contribution in [0.4, 0.5) is 5.69 Å². The Morgan fingerprint density at radius 1 is 1.09 bits per heavy atom. The highest BCUT2D eigenvalue weighted by Gasteiger charge is 2.27. The lowest BCUT2D eigenvalue weighted by Crippen LogP contribution is -2.33. The lowest BCUT2D eigenvalue weighted by molar-refractivity contribution is 0.252. The van der Waals surface area contributed by atoms with Crippen molar-refractivity contribution < 1.29 is 4.74 Å². The Hall–Kier alpha value is -1.84. The van der Waals surface area contributed by atoms with E-state index in [1.807, 2.05) is 30.3 Å². The molecule has 0 aromatic heterocycles. The van der Waals surface area contributed by atoms with Gasteiger partial charge < -0.3 is 9.64 Å². The van der Waals surface area contributed by atoms with Crippen LogP contribution in [-0.2, 0) is 0 Å². The van der Waals surface area contributed by atoms with Crippen LogP contribution in [0.2, 0.25) is 5.02 Å². The Balaban J connectivity index is 1.83. The number of aliphatic imine (C=N–C) groups is 1. The predicted molar refractivity (Wildman–Crippen MR) is 94.4 cm³/mol. The van der Waals surface area contributed by atoms with Gasteiger partial charge in [-0.2, -0.15) is 0 Å². The summed E-state index contributed by atoms with van der Waals surface area (Å²) in [5.74, 6) is 2.11. The number of rotatable bonds is 1. The van der Waals surface area contributed by atoms with Gasteiger partial charge in [0.2, 0.25) is 0 Å².